The van der Waals surface area contributed by atoms with Crippen molar-refractivity contribution in [3.8, 4) is 66.8 Å². The Balaban J connectivity index is 1.12. The van der Waals surface area contributed by atoms with Gasteiger partial charge in [0, 0.05) is 5.41 Å². The van der Waals surface area contributed by atoms with Crippen LogP contribution in [0.5, 0.6) is 0 Å². The lowest BCUT2D eigenvalue weighted by Crippen LogP contribution is -2.15. The lowest BCUT2D eigenvalue weighted by atomic mass is 9.80. The van der Waals surface area contributed by atoms with E-state index in [2.05, 4.69) is 232 Å². The Morgan fingerprint density at radius 2 is 0.770 bits per heavy atom. The summed E-state index contributed by atoms with van der Waals surface area (Å²) in [6.45, 7) is 4.77. The highest BCUT2D eigenvalue weighted by atomic mass is 14.4. The molecule has 0 fully saturated rings. The Bertz CT molecular complexity index is 3530. The maximum absolute atomic E-state index is 2.46. The van der Waals surface area contributed by atoms with Gasteiger partial charge in [0.05, 0.1) is 0 Å². The maximum Gasteiger partial charge on any atom is 0.0159 e. The fourth-order valence-corrected chi connectivity index (χ4v) is 10.5. The molecule has 0 spiro atoms. The predicted octanol–water partition coefficient (Wildman–Crippen LogP) is 16.9. The summed E-state index contributed by atoms with van der Waals surface area (Å²) in [5, 5.41) is 10.1. The molecular formula is C61H42. The van der Waals surface area contributed by atoms with Crippen LogP contribution in [0.25, 0.3) is 110 Å². The summed E-state index contributed by atoms with van der Waals surface area (Å²) < 4.78 is 0. The fraction of sp³-hybridized carbons (Fsp3) is 0.0492. The van der Waals surface area contributed by atoms with E-state index >= 15 is 0 Å². The van der Waals surface area contributed by atoms with E-state index in [-0.39, 0.29) is 5.41 Å². The van der Waals surface area contributed by atoms with Crippen LogP contribution >= 0.6 is 0 Å². The summed E-state index contributed by atoms with van der Waals surface area (Å²) in [5.41, 5.74) is 17.7. The van der Waals surface area contributed by atoms with E-state index in [4.69, 9.17) is 0 Å². The average Bonchev–Trinajstić information content (AvgIpc) is 3.54. The van der Waals surface area contributed by atoms with Crippen molar-refractivity contribution < 1.29 is 0 Å². The zero-order valence-corrected chi connectivity index (χ0v) is 34.3. The van der Waals surface area contributed by atoms with Gasteiger partial charge in [0.25, 0.3) is 0 Å². The Morgan fingerprint density at radius 3 is 1.49 bits per heavy atom. The van der Waals surface area contributed by atoms with Crippen molar-refractivity contribution >= 4 is 43.1 Å². The smallest absolute Gasteiger partial charge is 0.0159 e. The Hall–Kier alpha value is -7.54. The molecule has 0 aromatic heterocycles. The molecule has 11 aromatic rings. The first kappa shape index (κ1) is 35.4. The average molecular weight is 775 g/mol. The highest BCUT2D eigenvalue weighted by molar-refractivity contribution is 6.29. The highest BCUT2D eigenvalue weighted by Crippen LogP contribution is 2.53. The van der Waals surface area contributed by atoms with Crippen LogP contribution in [-0.4, -0.2) is 0 Å². The Kier molecular flexibility index (Phi) is 7.99. The minimum Gasteiger partial charge on any atom is -0.0622 e. The Labute approximate surface area is 357 Å². The largest absolute Gasteiger partial charge is 0.0622 e. The van der Waals surface area contributed by atoms with E-state index in [0.29, 0.717) is 0 Å². The third-order valence-electron chi connectivity index (χ3n) is 13.4. The molecule has 0 bridgehead atoms. The van der Waals surface area contributed by atoms with Gasteiger partial charge in [-0.2, -0.15) is 0 Å². The van der Waals surface area contributed by atoms with Crippen LogP contribution in [0.4, 0.5) is 0 Å². The molecule has 1 aliphatic rings. The van der Waals surface area contributed by atoms with Crippen molar-refractivity contribution in [3.63, 3.8) is 0 Å². The van der Waals surface area contributed by atoms with Gasteiger partial charge in [-0.05, 0) is 145 Å². The van der Waals surface area contributed by atoms with E-state index in [0.717, 1.165) is 0 Å². The van der Waals surface area contributed by atoms with Gasteiger partial charge >= 0.3 is 0 Å². The second-order valence-electron chi connectivity index (χ2n) is 17.2. The molecule has 0 heterocycles. The molecule has 1 aliphatic carbocycles. The van der Waals surface area contributed by atoms with Gasteiger partial charge in [0.15, 0.2) is 0 Å². The highest BCUT2D eigenvalue weighted by Gasteiger charge is 2.36. The normalized spacial score (nSPS) is 12.9. The molecule has 61 heavy (non-hydrogen) atoms. The van der Waals surface area contributed by atoms with E-state index in [1.165, 1.54) is 121 Å². The zero-order valence-electron chi connectivity index (χ0n) is 34.3. The quantitative estimate of drug-likeness (QED) is 0.121. The SMILES string of the molecule is CC1(C)c2cc(-c3ccc(-c4c5ccccc5c(-c5ccccc5-c5ccccc5)c5ccc6ccccc6c45)c(-c4ccccc4)c3)ccc2-c2cc3ccccc3cc21. The molecule has 11 aromatic carbocycles. The van der Waals surface area contributed by atoms with Crippen LogP contribution < -0.4 is 0 Å². The minimum absolute atomic E-state index is 0.118. The Morgan fingerprint density at radius 1 is 0.262 bits per heavy atom. The van der Waals surface area contributed by atoms with Crippen molar-refractivity contribution in [2.24, 2.45) is 0 Å². The van der Waals surface area contributed by atoms with Gasteiger partial charge in [0.1, 0.15) is 0 Å². The molecule has 286 valence electrons. The number of fused-ring (bicyclic) bond motifs is 8. The molecular weight excluding hydrogens is 733 g/mol. The van der Waals surface area contributed by atoms with Crippen molar-refractivity contribution in [1.29, 1.82) is 0 Å². The van der Waals surface area contributed by atoms with Gasteiger partial charge in [-0.25, -0.2) is 0 Å². The molecule has 0 radical (unpaired) electrons. The number of hydrogen-bond acceptors (Lipinski definition) is 0. The summed E-state index contributed by atoms with van der Waals surface area (Å²) in [6, 6.07) is 81.3. The first-order valence-electron chi connectivity index (χ1n) is 21.4. The lowest BCUT2D eigenvalue weighted by Gasteiger charge is -2.23. The molecule has 0 atom stereocenters. The zero-order chi connectivity index (χ0) is 40.7. The topological polar surface area (TPSA) is 0 Å². The predicted molar refractivity (Wildman–Crippen MR) is 261 cm³/mol. The molecule has 0 heteroatoms. The third kappa shape index (κ3) is 5.53. The molecule has 12 rings (SSSR count). The summed E-state index contributed by atoms with van der Waals surface area (Å²) in [4.78, 5) is 0. The second-order valence-corrected chi connectivity index (χ2v) is 17.2. The first-order chi connectivity index (χ1) is 30.0. The van der Waals surface area contributed by atoms with Crippen LogP contribution in [0.15, 0.2) is 218 Å². The third-order valence-corrected chi connectivity index (χ3v) is 13.4. The lowest BCUT2D eigenvalue weighted by molar-refractivity contribution is 0.661. The van der Waals surface area contributed by atoms with E-state index in [1.807, 2.05) is 0 Å². The van der Waals surface area contributed by atoms with Gasteiger partial charge in [-0.3, -0.25) is 0 Å². The van der Waals surface area contributed by atoms with E-state index in [1.54, 1.807) is 0 Å². The summed E-state index contributed by atoms with van der Waals surface area (Å²) in [6.07, 6.45) is 0. The number of hydrogen-bond donors (Lipinski definition) is 0. The van der Waals surface area contributed by atoms with Crippen molar-refractivity contribution in [2.45, 2.75) is 19.3 Å². The van der Waals surface area contributed by atoms with E-state index in [9.17, 15) is 0 Å². The van der Waals surface area contributed by atoms with Crippen molar-refractivity contribution in [3.05, 3.63) is 230 Å². The van der Waals surface area contributed by atoms with Crippen molar-refractivity contribution in [2.75, 3.05) is 0 Å². The van der Waals surface area contributed by atoms with Gasteiger partial charge in [-0.15, -0.1) is 0 Å². The molecule has 0 unspecified atom stereocenters. The number of rotatable bonds is 5. The van der Waals surface area contributed by atoms with Gasteiger partial charge in [-0.1, -0.05) is 208 Å². The van der Waals surface area contributed by atoms with Gasteiger partial charge in [0.2, 0.25) is 0 Å². The molecule has 0 nitrogen and oxygen atoms in total. The molecule has 0 aliphatic heterocycles. The molecule has 0 saturated carbocycles. The molecule has 0 amide bonds. The summed E-state index contributed by atoms with van der Waals surface area (Å²) >= 11 is 0. The molecule has 0 saturated heterocycles. The van der Waals surface area contributed by atoms with Crippen LogP contribution in [0.3, 0.4) is 0 Å². The monoisotopic (exact) mass is 774 g/mol. The van der Waals surface area contributed by atoms with E-state index < -0.39 is 0 Å². The second kappa shape index (κ2) is 13.8. The maximum atomic E-state index is 2.46. The van der Waals surface area contributed by atoms with Crippen LogP contribution in [0, 0.1) is 0 Å². The first-order valence-corrected chi connectivity index (χ1v) is 21.4. The fourth-order valence-electron chi connectivity index (χ4n) is 10.5. The summed E-state index contributed by atoms with van der Waals surface area (Å²) in [7, 11) is 0. The van der Waals surface area contributed by atoms with Crippen LogP contribution in [0.1, 0.15) is 25.0 Å². The number of benzene rings is 11. The van der Waals surface area contributed by atoms with Crippen molar-refractivity contribution in [1.82, 2.24) is 0 Å². The molecule has 0 N–H and O–H groups in total. The minimum atomic E-state index is -0.118. The summed E-state index contributed by atoms with van der Waals surface area (Å²) in [5.74, 6) is 0. The van der Waals surface area contributed by atoms with Crippen LogP contribution in [-0.2, 0) is 5.41 Å². The standard InChI is InChI=1S/C61H42/c1-61(2)56-38-45(30-32-48(56)55-36-42-22-9-10-23-43(42)37-57(55)61)44-31-33-52(54(35-44)40-19-7-4-8-20-40)60-51-28-16-15-27-50(51)58(53-34-29-41-21-11-12-25-47(41)59(53)60)49-26-14-13-24-46(49)39-17-5-3-6-18-39/h3-38H,1-2H3. The van der Waals surface area contributed by atoms with Crippen LogP contribution in [0.2, 0.25) is 0 Å². The van der Waals surface area contributed by atoms with Gasteiger partial charge < -0.3 is 0 Å².